The van der Waals surface area contributed by atoms with Crippen molar-refractivity contribution in [1.82, 2.24) is 8.61 Å². The number of hydrogen-bond acceptors (Lipinski definition) is 5. The zero-order valence-corrected chi connectivity index (χ0v) is 18.9. The first-order valence-electron chi connectivity index (χ1n) is 9.75. The third kappa shape index (κ3) is 4.58. The van der Waals surface area contributed by atoms with Crippen molar-refractivity contribution in [2.75, 3.05) is 12.8 Å². The van der Waals surface area contributed by atoms with Crippen molar-refractivity contribution in [3.63, 3.8) is 0 Å². The molecule has 7 nitrogen and oxygen atoms in total. The number of halogens is 6. The van der Waals surface area contributed by atoms with E-state index in [4.69, 9.17) is 0 Å². The first kappa shape index (κ1) is 25.7. The van der Waals surface area contributed by atoms with Crippen molar-refractivity contribution in [3.8, 4) is 0 Å². The zero-order chi connectivity index (χ0) is 25.1. The van der Waals surface area contributed by atoms with Crippen LogP contribution in [0.5, 0.6) is 0 Å². The van der Waals surface area contributed by atoms with Crippen LogP contribution in [-0.4, -0.2) is 56.2 Å². The minimum absolute atomic E-state index is 0.0917. The lowest BCUT2D eigenvalue weighted by atomic mass is 9.95. The van der Waals surface area contributed by atoms with Gasteiger partial charge in [0.05, 0.1) is 40.3 Å². The van der Waals surface area contributed by atoms with Gasteiger partial charge in [0.2, 0.25) is 26.0 Å². The number of carbonyl (C=O) groups excluding carboxylic acids is 1. The van der Waals surface area contributed by atoms with Gasteiger partial charge in [0.15, 0.2) is 0 Å². The van der Waals surface area contributed by atoms with Crippen molar-refractivity contribution in [2.45, 2.75) is 55.5 Å². The van der Waals surface area contributed by atoms with Gasteiger partial charge in [-0.2, -0.15) is 30.6 Å². The van der Waals surface area contributed by atoms with E-state index < -0.39 is 72.3 Å². The highest BCUT2D eigenvalue weighted by Gasteiger charge is 2.59. The molecule has 33 heavy (non-hydrogen) atoms. The van der Waals surface area contributed by atoms with Crippen molar-refractivity contribution < 1.29 is 48.0 Å². The second-order valence-corrected chi connectivity index (χ2v) is 11.7. The molecule has 2 heterocycles. The number of nitrogens with zero attached hydrogens (tertiary/aromatic N) is 2. The molecule has 3 atom stereocenters. The van der Waals surface area contributed by atoms with Crippen LogP contribution in [0.15, 0.2) is 23.1 Å². The van der Waals surface area contributed by atoms with E-state index >= 15 is 0 Å². The molecule has 3 rings (SSSR count). The standard InChI is InChI=1S/C18H20F6N2O5S2/c1-3-4-13-15-14(26(16(13)27)32(2,28)29)5-6-25(15)33(30,31)12-8-10(17(19,20)21)7-11(9-12)18(22,23)24/h7-9,13-15H,3-6H2,1-2H3/t13-,14+,15-/m1/s1. The van der Waals surface area contributed by atoms with E-state index in [2.05, 4.69) is 0 Å². The third-order valence-electron chi connectivity index (χ3n) is 5.74. The number of amides is 1. The second-order valence-electron chi connectivity index (χ2n) is 8.00. The Morgan fingerprint density at radius 1 is 0.970 bits per heavy atom. The fraction of sp³-hybridized carbons (Fsp3) is 0.611. The highest BCUT2D eigenvalue weighted by molar-refractivity contribution is 7.89. The third-order valence-corrected chi connectivity index (χ3v) is 8.78. The zero-order valence-electron chi connectivity index (χ0n) is 17.3. The average Bonchev–Trinajstić information content (AvgIpc) is 3.18. The van der Waals surface area contributed by atoms with Crippen LogP contribution in [-0.2, 0) is 37.2 Å². The monoisotopic (exact) mass is 522 g/mol. The summed E-state index contributed by atoms with van der Waals surface area (Å²) in [7, 11) is -9.02. The largest absolute Gasteiger partial charge is 0.416 e. The van der Waals surface area contributed by atoms with Gasteiger partial charge in [-0.05, 0) is 31.0 Å². The van der Waals surface area contributed by atoms with Gasteiger partial charge in [-0.3, -0.25) is 4.79 Å². The molecule has 15 heteroatoms. The Balaban J connectivity index is 2.14. The van der Waals surface area contributed by atoms with E-state index in [1.54, 1.807) is 6.92 Å². The number of rotatable bonds is 5. The van der Waals surface area contributed by atoms with E-state index in [-0.39, 0.29) is 37.6 Å². The number of fused-ring (bicyclic) bond motifs is 1. The molecule has 186 valence electrons. The van der Waals surface area contributed by atoms with E-state index in [1.807, 2.05) is 0 Å². The molecular formula is C18H20F6N2O5S2. The van der Waals surface area contributed by atoms with Gasteiger partial charge in [0.25, 0.3) is 0 Å². The summed E-state index contributed by atoms with van der Waals surface area (Å²) in [5, 5.41) is 0. The Morgan fingerprint density at radius 2 is 1.48 bits per heavy atom. The summed E-state index contributed by atoms with van der Waals surface area (Å²) < 4.78 is 131. The maximum atomic E-state index is 13.3. The number of hydrogen-bond donors (Lipinski definition) is 0. The molecule has 2 aliphatic rings. The van der Waals surface area contributed by atoms with Gasteiger partial charge in [-0.15, -0.1) is 0 Å². The molecule has 1 aromatic rings. The fourth-order valence-electron chi connectivity index (χ4n) is 4.47. The highest BCUT2D eigenvalue weighted by atomic mass is 32.2. The predicted molar refractivity (Wildman–Crippen MR) is 103 cm³/mol. The summed E-state index contributed by atoms with van der Waals surface area (Å²) in [4.78, 5) is 11.5. The molecule has 2 saturated heterocycles. The lowest BCUT2D eigenvalue weighted by Gasteiger charge is -2.27. The molecule has 0 bridgehead atoms. The molecule has 0 unspecified atom stereocenters. The topological polar surface area (TPSA) is 91.8 Å². The summed E-state index contributed by atoms with van der Waals surface area (Å²) in [6, 6.07) is -2.29. The minimum atomic E-state index is -5.25. The Kier molecular flexibility index (Phi) is 6.33. The van der Waals surface area contributed by atoms with Gasteiger partial charge >= 0.3 is 12.4 Å². The Hall–Kier alpha value is -1.87. The Morgan fingerprint density at radius 3 is 1.91 bits per heavy atom. The van der Waals surface area contributed by atoms with E-state index in [1.165, 1.54) is 0 Å². The van der Waals surface area contributed by atoms with Crippen LogP contribution < -0.4 is 0 Å². The van der Waals surface area contributed by atoms with E-state index in [9.17, 15) is 48.0 Å². The van der Waals surface area contributed by atoms with Gasteiger partial charge in [0, 0.05) is 6.54 Å². The van der Waals surface area contributed by atoms with Crippen LogP contribution in [0.25, 0.3) is 0 Å². The van der Waals surface area contributed by atoms with Crippen LogP contribution in [0, 0.1) is 5.92 Å². The first-order chi connectivity index (χ1) is 14.9. The summed E-state index contributed by atoms with van der Waals surface area (Å²) in [5.74, 6) is -1.94. The first-order valence-corrected chi connectivity index (χ1v) is 13.0. The smallest absolute Gasteiger partial charge is 0.273 e. The molecular weight excluding hydrogens is 502 g/mol. The Labute approximate surface area is 186 Å². The number of carbonyl (C=O) groups is 1. The van der Waals surface area contributed by atoms with E-state index in [0.717, 1.165) is 6.26 Å². The Bertz CT molecular complexity index is 1130. The van der Waals surface area contributed by atoms with Gasteiger partial charge in [-0.25, -0.2) is 21.1 Å². The molecule has 2 aliphatic heterocycles. The SMILES string of the molecule is CCC[C@H]1C(=O)N(S(C)(=O)=O)[C@H]2CCN(S(=O)(=O)c3cc(C(F)(F)F)cc(C(F)(F)F)c3)[C@H]12. The number of alkyl halides is 6. The quantitative estimate of drug-likeness (QED) is 0.555. The lowest BCUT2D eigenvalue weighted by Crippen LogP contribution is -2.43. The predicted octanol–water partition coefficient (Wildman–Crippen LogP) is 3.07. The van der Waals surface area contributed by atoms with Gasteiger partial charge in [0.1, 0.15) is 0 Å². The van der Waals surface area contributed by atoms with Crippen LogP contribution in [0.2, 0.25) is 0 Å². The van der Waals surface area contributed by atoms with Gasteiger partial charge in [-0.1, -0.05) is 13.3 Å². The number of sulfonamides is 2. The summed E-state index contributed by atoms with van der Waals surface area (Å²) in [5.41, 5.74) is -3.59. The molecule has 2 fully saturated rings. The van der Waals surface area contributed by atoms with Crippen LogP contribution >= 0.6 is 0 Å². The molecule has 1 aromatic carbocycles. The van der Waals surface area contributed by atoms with E-state index in [0.29, 0.717) is 15.0 Å². The van der Waals surface area contributed by atoms with Gasteiger partial charge < -0.3 is 0 Å². The maximum Gasteiger partial charge on any atom is 0.416 e. The molecule has 0 spiro atoms. The molecule has 1 amide bonds. The molecule has 0 aromatic heterocycles. The highest BCUT2D eigenvalue weighted by Crippen LogP contribution is 2.44. The summed E-state index contributed by atoms with van der Waals surface area (Å²) in [6.45, 7) is 1.30. The molecule has 0 aliphatic carbocycles. The van der Waals surface area contributed by atoms with Crippen molar-refractivity contribution in [1.29, 1.82) is 0 Å². The van der Waals surface area contributed by atoms with Crippen LogP contribution in [0.3, 0.4) is 0 Å². The molecule has 0 N–H and O–H groups in total. The normalized spacial score (nSPS) is 25.0. The molecule has 0 radical (unpaired) electrons. The molecule has 0 saturated carbocycles. The summed E-state index contributed by atoms with van der Waals surface area (Å²) in [6.07, 6.45) is -9.40. The maximum absolute atomic E-state index is 13.3. The van der Waals surface area contributed by atoms with Crippen LogP contribution in [0.4, 0.5) is 26.3 Å². The average molecular weight is 522 g/mol. The fourth-order valence-corrected chi connectivity index (χ4v) is 7.44. The van der Waals surface area contributed by atoms with Crippen molar-refractivity contribution >= 4 is 26.0 Å². The van der Waals surface area contributed by atoms with Crippen LogP contribution in [0.1, 0.15) is 37.3 Å². The number of benzene rings is 1. The minimum Gasteiger partial charge on any atom is -0.273 e. The summed E-state index contributed by atoms with van der Waals surface area (Å²) >= 11 is 0. The second kappa shape index (κ2) is 8.12. The van der Waals surface area contributed by atoms with Crippen molar-refractivity contribution in [3.05, 3.63) is 29.3 Å². The lowest BCUT2D eigenvalue weighted by molar-refractivity contribution is -0.143. The van der Waals surface area contributed by atoms with Crippen molar-refractivity contribution in [2.24, 2.45) is 5.92 Å².